The summed E-state index contributed by atoms with van der Waals surface area (Å²) >= 11 is 0. The maximum absolute atomic E-state index is 12.5. The van der Waals surface area contributed by atoms with Gasteiger partial charge in [0, 0.05) is 30.5 Å². The van der Waals surface area contributed by atoms with Crippen LogP contribution >= 0.6 is 0 Å². The lowest BCUT2D eigenvalue weighted by molar-refractivity contribution is -0.392. The number of hydrogen-bond donors (Lipinski definition) is 12. The molecule has 23 heteroatoms. The smallest absolute Gasteiger partial charge is 0.187 e. The Morgan fingerprint density at radius 1 is 0.532 bits per heavy atom. The zero-order valence-corrected chi connectivity index (χ0v) is 45.8. The zero-order chi connectivity index (χ0) is 55.7. The summed E-state index contributed by atoms with van der Waals surface area (Å²) in [7, 11) is 3.40. The summed E-state index contributed by atoms with van der Waals surface area (Å²) in [5, 5.41) is 131. The normalized spacial score (nSPS) is 56.5. The maximum atomic E-state index is 12.5. The van der Waals surface area contributed by atoms with Gasteiger partial charge in [-0.15, -0.1) is 0 Å². The van der Waals surface area contributed by atoms with Gasteiger partial charge in [-0.2, -0.15) is 0 Å². The first kappa shape index (κ1) is 59.2. The van der Waals surface area contributed by atoms with E-state index in [0.717, 1.165) is 51.4 Å². The van der Waals surface area contributed by atoms with Crippen molar-refractivity contribution in [2.75, 3.05) is 47.3 Å². The highest BCUT2D eigenvalue weighted by molar-refractivity contribution is 5.28. The molecule has 77 heavy (non-hydrogen) atoms. The SMILES string of the molecule is COC(OC)[C@@]1(C)CC[C@]23CO[C@@]4(CC[C@@H]5[C@@]6(C)CC[C@H](O[C@@H]7OC[C@H](O[C@@H]8O[C@H](CO)[C@@H](O)[C@H](O)[C@H]8O[C@@H]8OC[C@@H](O)[C@H](O)[C@H]8O)[C@H](O)[C@H]7O[C@@H]7O[C@H](CO)[C@@H](O)[C@H](O)[C@H]7O)C(C)(C)[C@@H]6CC[C@@]5(C)[C@]4(C)C[C@H]2O)[C@@H]3C1. The summed E-state index contributed by atoms with van der Waals surface area (Å²) in [6.07, 6.45) is -23.1. The molecule has 10 fully saturated rings. The van der Waals surface area contributed by atoms with Gasteiger partial charge in [0.1, 0.15) is 85.5 Å². The molecule has 12 N–H and O–H groups in total. The van der Waals surface area contributed by atoms with Gasteiger partial charge in [-0.1, -0.05) is 41.5 Å². The van der Waals surface area contributed by atoms with E-state index in [2.05, 4.69) is 41.5 Å². The van der Waals surface area contributed by atoms with Crippen molar-refractivity contribution >= 4 is 0 Å². The van der Waals surface area contributed by atoms with Crippen LogP contribution in [0, 0.1) is 50.2 Å². The van der Waals surface area contributed by atoms with Gasteiger partial charge in [0.25, 0.3) is 0 Å². The Balaban J connectivity index is 0.900. The Bertz CT molecular complexity index is 2050. The van der Waals surface area contributed by atoms with Crippen LogP contribution in [0.3, 0.4) is 0 Å². The third-order valence-corrected chi connectivity index (χ3v) is 22.7. The number of ether oxygens (including phenoxy) is 11. The minimum atomic E-state index is -1.88. The van der Waals surface area contributed by atoms with Crippen molar-refractivity contribution in [1.29, 1.82) is 0 Å². The van der Waals surface area contributed by atoms with Crippen LogP contribution in [0.1, 0.15) is 106 Å². The molecule has 5 heterocycles. The Labute approximate surface area is 450 Å². The van der Waals surface area contributed by atoms with E-state index in [1.165, 1.54) is 0 Å². The highest BCUT2D eigenvalue weighted by atomic mass is 16.8. The van der Waals surface area contributed by atoms with E-state index in [9.17, 15) is 61.3 Å². The molecule has 10 rings (SSSR count). The summed E-state index contributed by atoms with van der Waals surface area (Å²) < 4.78 is 68.0. The van der Waals surface area contributed by atoms with E-state index in [1.54, 1.807) is 14.2 Å². The third kappa shape index (κ3) is 9.00. The van der Waals surface area contributed by atoms with Crippen molar-refractivity contribution < 1.29 is 113 Å². The molecule has 0 aromatic rings. The Morgan fingerprint density at radius 3 is 1.82 bits per heavy atom. The molecule has 0 aromatic heterocycles. The van der Waals surface area contributed by atoms with Gasteiger partial charge in [0.15, 0.2) is 31.5 Å². The molecule has 23 nitrogen and oxygen atoms in total. The Morgan fingerprint density at radius 2 is 1.14 bits per heavy atom. The molecule has 0 amide bonds. The number of methoxy groups -OCH3 is 2. The molecule has 29 atom stereocenters. The Hall–Kier alpha value is -0.920. The van der Waals surface area contributed by atoms with Gasteiger partial charge in [0.05, 0.1) is 50.8 Å². The molecule has 5 aliphatic carbocycles. The maximum Gasteiger partial charge on any atom is 0.187 e. The summed E-state index contributed by atoms with van der Waals surface area (Å²) in [5.41, 5.74) is -2.24. The number of hydrogen-bond acceptors (Lipinski definition) is 23. The second kappa shape index (κ2) is 21.3. The quantitative estimate of drug-likeness (QED) is 0.0740. The minimum Gasteiger partial charge on any atom is -0.394 e. The first-order valence-corrected chi connectivity index (χ1v) is 28.1. The molecular weight excluding hydrogens is 1020 g/mol. The van der Waals surface area contributed by atoms with E-state index >= 15 is 0 Å². The zero-order valence-electron chi connectivity index (χ0n) is 45.8. The lowest BCUT2D eigenvalue weighted by atomic mass is 9.30. The largest absolute Gasteiger partial charge is 0.394 e. The molecule has 1 spiro atoms. The highest BCUT2D eigenvalue weighted by Crippen LogP contribution is 2.81. The van der Waals surface area contributed by atoms with Crippen molar-refractivity contribution in [1.82, 2.24) is 0 Å². The number of fused-ring (bicyclic) bond motifs is 4. The second-order valence-electron chi connectivity index (χ2n) is 26.5. The van der Waals surface area contributed by atoms with Crippen LogP contribution in [0.4, 0.5) is 0 Å². The van der Waals surface area contributed by atoms with Gasteiger partial charge < -0.3 is 113 Å². The summed E-state index contributed by atoms with van der Waals surface area (Å²) in [6.45, 7) is 12.1. The topological polar surface area (TPSA) is 344 Å². The van der Waals surface area contributed by atoms with Crippen molar-refractivity contribution in [2.24, 2.45) is 50.2 Å². The third-order valence-electron chi connectivity index (χ3n) is 22.7. The van der Waals surface area contributed by atoms with Gasteiger partial charge in [-0.05, 0) is 98.2 Å². The second-order valence-corrected chi connectivity index (χ2v) is 26.5. The molecule has 2 bridgehead atoms. The average molecular weight is 1110 g/mol. The molecule has 0 unspecified atom stereocenters. The van der Waals surface area contributed by atoms with E-state index < -0.39 is 160 Å². The highest BCUT2D eigenvalue weighted by Gasteiger charge is 2.80. The summed E-state index contributed by atoms with van der Waals surface area (Å²) in [5.74, 6) is 0.536. The number of rotatable bonds is 13. The van der Waals surface area contributed by atoms with E-state index in [0.29, 0.717) is 19.4 Å². The fraction of sp³-hybridized carbons (Fsp3) is 1.00. The molecule has 5 saturated heterocycles. The molecular formula is C54H90O23. The van der Waals surface area contributed by atoms with Gasteiger partial charge in [-0.25, -0.2) is 0 Å². The monoisotopic (exact) mass is 1110 g/mol. The van der Waals surface area contributed by atoms with Crippen molar-refractivity contribution in [3.63, 3.8) is 0 Å². The van der Waals surface area contributed by atoms with E-state index in [1.807, 2.05) is 0 Å². The van der Waals surface area contributed by atoms with E-state index in [-0.39, 0.29) is 51.1 Å². The van der Waals surface area contributed by atoms with Crippen molar-refractivity contribution in [3.05, 3.63) is 0 Å². The standard InChI is InChI=1S/C54H90O23/c1-48(2)28-9-13-51(5)29(10-14-54-30-17-49(3,47(67-7)68-8)15-16-53(30,23-71-54)31(58)18-52(51,54)6)50(28,4)12-11-32(48)75-45-41(77-44-40(66)37(63)34(60)25(19-55)72-44)36(62)27(22-70-45)74-46-42(38(64)35(61)26(20-56)73-46)76-43-39(65)33(59)24(57)21-69-43/h24-47,55-66H,9-23H2,1-8H3/t24-,25-,26-,27+,28+,29-,30-,31-,32+,33+,34-,35-,36+,37+,38+,39-,40-,41-,42-,43+,44+,45+,46+,49+,50+,51-,52+,53-,54+/m1/s1. The minimum absolute atomic E-state index is 0.131. The predicted octanol–water partition coefficient (Wildman–Crippen LogP) is -1.47. The predicted molar refractivity (Wildman–Crippen MR) is 262 cm³/mol. The Kier molecular flexibility index (Phi) is 16.4. The average Bonchev–Trinajstić information content (AvgIpc) is 3.98. The van der Waals surface area contributed by atoms with Crippen molar-refractivity contribution in [2.45, 2.75) is 240 Å². The molecule has 0 aromatic carbocycles. The van der Waals surface area contributed by atoms with Crippen LogP contribution in [-0.2, 0) is 52.1 Å². The number of aliphatic hydroxyl groups excluding tert-OH is 12. The summed E-state index contributed by atoms with van der Waals surface area (Å²) in [4.78, 5) is 0. The van der Waals surface area contributed by atoms with Crippen LogP contribution < -0.4 is 0 Å². The molecule has 444 valence electrons. The number of aliphatic hydroxyl groups is 12. The summed E-state index contributed by atoms with van der Waals surface area (Å²) in [6, 6.07) is 0. The van der Waals surface area contributed by atoms with Crippen LogP contribution in [0.25, 0.3) is 0 Å². The molecule has 10 aliphatic rings. The van der Waals surface area contributed by atoms with Gasteiger partial charge in [0.2, 0.25) is 0 Å². The fourth-order valence-corrected chi connectivity index (χ4v) is 18.2. The molecule has 5 saturated carbocycles. The lowest BCUT2D eigenvalue weighted by Gasteiger charge is -2.75. The van der Waals surface area contributed by atoms with Crippen LogP contribution in [0.15, 0.2) is 0 Å². The van der Waals surface area contributed by atoms with E-state index in [4.69, 9.17) is 52.1 Å². The molecule has 0 radical (unpaired) electrons. The first-order chi connectivity index (χ1) is 36.3. The fourth-order valence-electron chi connectivity index (χ4n) is 18.2. The van der Waals surface area contributed by atoms with Crippen molar-refractivity contribution in [3.8, 4) is 0 Å². The van der Waals surface area contributed by atoms with Crippen LogP contribution in [-0.4, -0.2) is 243 Å². The van der Waals surface area contributed by atoms with Crippen LogP contribution in [0.2, 0.25) is 0 Å². The van der Waals surface area contributed by atoms with Gasteiger partial charge in [-0.3, -0.25) is 0 Å². The van der Waals surface area contributed by atoms with Crippen LogP contribution in [0.5, 0.6) is 0 Å². The van der Waals surface area contributed by atoms with Gasteiger partial charge >= 0.3 is 0 Å². The molecule has 5 aliphatic heterocycles. The first-order valence-electron chi connectivity index (χ1n) is 28.1. The lowest BCUT2D eigenvalue weighted by Crippen LogP contribution is -2.74.